The van der Waals surface area contributed by atoms with Gasteiger partial charge in [0.25, 0.3) is 5.91 Å². The van der Waals surface area contributed by atoms with Crippen molar-refractivity contribution in [2.24, 2.45) is 5.10 Å². The molecule has 1 saturated heterocycles. The summed E-state index contributed by atoms with van der Waals surface area (Å²) < 4.78 is 32.2. The Bertz CT molecular complexity index is 1060. The van der Waals surface area contributed by atoms with Crippen LogP contribution in [0.1, 0.15) is 54.3 Å². The SMILES string of the molecule is CCOC(=O)CC/C(=N\NC(=O)c1cccc(S(=O)(=O)N2CCCCC2)c1)c1cccs1. The molecular formula is C22H27N3O5S2. The maximum atomic E-state index is 12.9. The molecule has 2 aromatic rings. The van der Waals surface area contributed by atoms with Gasteiger partial charge in [0, 0.05) is 25.1 Å². The Labute approximate surface area is 192 Å². The van der Waals surface area contributed by atoms with Crippen molar-refractivity contribution in [3.05, 3.63) is 52.2 Å². The molecule has 0 radical (unpaired) electrons. The van der Waals surface area contributed by atoms with E-state index in [9.17, 15) is 18.0 Å². The van der Waals surface area contributed by atoms with Crippen LogP contribution in [0.5, 0.6) is 0 Å². The molecule has 0 atom stereocenters. The summed E-state index contributed by atoms with van der Waals surface area (Å²) in [5, 5.41) is 6.10. The van der Waals surface area contributed by atoms with Gasteiger partial charge < -0.3 is 4.74 Å². The van der Waals surface area contributed by atoms with Crippen LogP contribution in [0.15, 0.2) is 51.8 Å². The van der Waals surface area contributed by atoms with Gasteiger partial charge >= 0.3 is 5.97 Å². The van der Waals surface area contributed by atoms with Crippen molar-refractivity contribution in [3.8, 4) is 0 Å². The summed E-state index contributed by atoms with van der Waals surface area (Å²) in [7, 11) is -3.64. The number of ether oxygens (including phenoxy) is 1. The van der Waals surface area contributed by atoms with Gasteiger partial charge in [-0.1, -0.05) is 18.6 Å². The van der Waals surface area contributed by atoms with E-state index >= 15 is 0 Å². The first-order valence-corrected chi connectivity index (χ1v) is 12.9. The Morgan fingerprint density at radius 1 is 1.12 bits per heavy atom. The summed E-state index contributed by atoms with van der Waals surface area (Å²) in [5.74, 6) is -0.857. The third-order valence-electron chi connectivity index (χ3n) is 5.02. The second kappa shape index (κ2) is 11.3. The molecule has 0 saturated carbocycles. The number of carbonyl (C=O) groups excluding carboxylic acids is 2. The van der Waals surface area contributed by atoms with E-state index in [-0.39, 0.29) is 22.8 Å². The lowest BCUT2D eigenvalue weighted by molar-refractivity contribution is -0.142. The first-order chi connectivity index (χ1) is 15.4. The van der Waals surface area contributed by atoms with Crippen LogP contribution >= 0.6 is 11.3 Å². The summed E-state index contributed by atoms with van der Waals surface area (Å²) >= 11 is 1.45. The molecule has 0 spiro atoms. The molecule has 10 heteroatoms. The second-order valence-electron chi connectivity index (χ2n) is 7.27. The summed E-state index contributed by atoms with van der Waals surface area (Å²) in [5.41, 5.74) is 3.25. The van der Waals surface area contributed by atoms with Gasteiger partial charge in [-0.3, -0.25) is 9.59 Å². The number of hydrazone groups is 1. The number of esters is 1. The minimum atomic E-state index is -3.64. The van der Waals surface area contributed by atoms with Gasteiger partial charge in [-0.15, -0.1) is 11.3 Å². The van der Waals surface area contributed by atoms with Gasteiger partial charge in [-0.2, -0.15) is 9.41 Å². The van der Waals surface area contributed by atoms with Gasteiger partial charge in [0.1, 0.15) is 0 Å². The van der Waals surface area contributed by atoms with Crippen LogP contribution in [0.2, 0.25) is 0 Å². The van der Waals surface area contributed by atoms with Crippen LogP contribution in [-0.4, -0.2) is 50.0 Å². The predicted molar refractivity (Wildman–Crippen MR) is 123 cm³/mol. The molecule has 8 nitrogen and oxygen atoms in total. The lowest BCUT2D eigenvalue weighted by atomic mass is 10.2. The molecule has 1 amide bonds. The molecule has 0 aliphatic carbocycles. The Hall–Kier alpha value is -2.56. The molecule has 1 aromatic carbocycles. The molecule has 32 heavy (non-hydrogen) atoms. The van der Waals surface area contributed by atoms with Crippen molar-refractivity contribution in [2.45, 2.75) is 43.9 Å². The summed E-state index contributed by atoms with van der Waals surface area (Å²) in [6.07, 6.45) is 3.15. The Kier molecular flexibility index (Phi) is 8.54. The average Bonchev–Trinajstić information content (AvgIpc) is 3.34. The van der Waals surface area contributed by atoms with Crippen molar-refractivity contribution in [2.75, 3.05) is 19.7 Å². The van der Waals surface area contributed by atoms with Crippen molar-refractivity contribution in [1.82, 2.24) is 9.73 Å². The number of piperidine rings is 1. The maximum absolute atomic E-state index is 12.9. The standard InChI is InChI=1S/C22H27N3O5S2/c1-2-30-21(26)12-11-19(20-10-7-15-31-20)23-24-22(27)17-8-6-9-18(16-17)32(28,29)25-13-4-3-5-14-25/h6-10,15-16H,2-5,11-14H2,1H3,(H,24,27)/b23-19+. The van der Waals surface area contributed by atoms with Crippen LogP contribution in [0, 0.1) is 0 Å². The number of nitrogens with zero attached hydrogens (tertiary/aromatic N) is 2. The highest BCUT2D eigenvalue weighted by atomic mass is 32.2. The smallest absolute Gasteiger partial charge is 0.306 e. The van der Waals surface area contributed by atoms with E-state index in [1.54, 1.807) is 19.1 Å². The monoisotopic (exact) mass is 477 g/mol. The van der Waals surface area contributed by atoms with Crippen LogP contribution in [-0.2, 0) is 19.6 Å². The van der Waals surface area contributed by atoms with E-state index in [0.717, 1.165) is 24.1 Å². The van der Waals surface area contributed by atoms with Crippen molar-refractivity contribution >= 4 is 38.9 Å². The molecule has 1 N–H and O–H groups in total. The number of carbonyl (C=O) groups is 2. The van der Waals surface area contributed by atoms with E-state index in [1.807, 2.05) is 17.5 Å². The molecule has 0 unspecified atom stereocenters. The number of hydrogen-bond donors (Lipinski definition) is 1. The van der Waals surface area contributed by atoms with E-state index in [0.29, 0.717) is 31.8 Å². The minimum Gasteiger partial charge on any atom is -0.466 e. The first-order valence-electron chi connectivity index (χ1n) is 10.6. The van der Waals surface area contributed by atoms with Gasteiger partial charge in [0.05, 0.1) is 28.5 Å². The molecule has 1 aliphatic rings. The van der Waals surface area contributed by atoms with E-state index in [2.05, 4.69) is 10.5 Å². The normalized spacial score (nSPS) is 15.3. The van der Waals surface area contributed by atoms with E-state index in [1.165, 1.54) is 27.8 Å². The van der Waals surface area contributed by atoms with Crippen molar-refractivity contribution in [1.29, 1.82) is 0 Å². The van der Waals surface area contributed by atoms with E-state index in [4.69, 9.17) is 4.74 Å². The molecule has 1 aliphatic heterocycles. The number of thiophene rings is 1. The zero-order chi connectivity index (χ0) is 23.0. The fourth-order valence-electron chi connectivity index (χ4n) is 3.37. The van der Waals surface area contributed by atoms with Crippen LogP contribution < -0.4 is 5.43 Å². The third-order valence-corrected chi connectivity index (χ3v) is 7.83. The number of rotatable bonds is 9. The molecular weight excluding hydrogens is 450 g/mol. The summed E-state index contributed by atoms with van der Waals surface area (Å²) in [6.45, 7) is 3.03. The topological polar surface area (TPSA) is 105 Å². The quantitative estimate of drug-likeness (QED) is 0.339. The van der Waals surface area contributed by atoms with Gasteiger partial charge in [0.15, 0.2) is 0 Å². The Morgan fingerprint density at radius 3 is 2.59 bits per heavy atom. The highest BCUT2D eigenvalue weighted by molar-refractivity contribution is 7.89. The van der Waals surface area contributed by atoms with Gasteiger partial charge in [-0.05, 0) is 49.4 Å². The maximum Gasteiger partial charge on any atom is 0.306 e. The zero-order valence-electron chi connectivity index (χ0n) is 18.0. The largest absolute Gasteiger partial charge is 0.466 e. The zero-order valence-corrected chi connectivity index (χ0v) is 19.6. The number of sulfonamides is 1. The average molecular weight is 478 g/mol. The fourth-order valence-corrected chi connectivity index (χ4v) is 5.67. The van der Waals surface area contributed by atoms with Gasteiger partial charge in [-0.25, -0.2) is 13.8 Å². The van der Waals surface area contributed by atoms with Crippen LogP contribution in [0.25, 0.3) is 0 Å². The third kappa shape index (κ3) is 6.24. The van der Waals surface area contributed by atoms with Crippen molar-refractivity contribution in [3.63, 3.8) is 0 Å². The first kappa shape index (κ1) is 24.1. The lowest BCUT2D eigenvalue weighted by Gasteiger charge is -2.25. The highest BCUT2D eigenvalue weighted by Gasteiger charge is 2.26. The Balaban J connectivity index is 1.74. The van der Waals surface area contributed by atoms with Gasteiger partial charge in [0.2, 0.25) is 10.0 Å². The second-order valence-corrected chi connectivity index (χ2v) is 10.2. The summed E-state index contributed by atoms with van der Waals surface area (Å²) in [6, 6.07) is 9.68. The minimum absolute atomic E-state index is 0.0943. The molecule has 3 rings (SSSR count). The van der Waals surface area contributed by atoms with E-state index < -0.39 is 15.9 Å². The number of amides is 1. The highest BCUT2D eigenvalue weighted by Crippen LogP contribution is 2.21. The number of nitrogens with one attached hydrogen (secondary N) is 1. The van der Waals surface area contributed by atoms with Crippen LogP contribution in [0.3, 0.4) is 0 Å². The van der Waals surface area contributed by atoms with Crippen LogP contribution in [0.4, 0.5) is 0 Å². The molecule has 172 valence electrons. The molecule has 1 fully saturated rings. The lowest BCUT2D eigenvalue weighted by Crippen LogP contribution is -2.35. The number of hydrogen-bond acceptors (Lipinski definition) is 7. The summed E-state index contributed by atoms with van der Waals surface area (Å²) in [4.78, 5) is 25.3. The van der Waals surface area contributed by atoms with Crippen molar-refractivity contribution < 1.29 is 22.7 Å². The predicted octanol–water partition coefficient (Wildman–Crippen LogP) is 3.40. The Morgan fingerprint density at radius 2 is 1.91 bits per heavy atom. The molecule has 2 heterocycles. The molecule has 0 bridgehead atoms. The molecule has 1 aromatic heterocycles. The number of benzene rings is 1. The fraction of sp³-hybridized carbons (Fsp3) is 0.409.